The first-order valence-electron chi connectivity index (χ1n) is 23.3. The van der Waals surface area contributed by atoms with Gasteiger partial charge in [0.2, 0.25) is 0 Å². The molecule has 15 rings (SSSR count). The first-order chi connectivity index (χ1) is 30.5. The summed E-state index contributed by atoms with van der Waals surface area (Å²) >= 11 is 0.276. The van der Waals surface area contributed by atoms with E-state index < -0.39 is 0 Å². The molecule has 4 atom stereocenters. The molecule has 1 heterocycles. The zero-order valence-corrected chi connectivity index (χ0v) is 37.9. The van der Waals surface area contributed by atoms with E-state index in [1.54, 1.807) is 15.9 Å². The van der Waals surface area contributed by atoms with E-state index in [1.807, 2.05) is 0 Å². The predicted molar refractivity (Wildman–Crippen MR) is 248 cm³/mol. The number of aromatic nitrogens is 3. The summed E-state index contributed by atoms with van der Waals surface area (Å²) < 4.78 is 1.49. The van der Waals surface area contributed by atoms with Crippen LogP contribution >= 0.6 is 0 Å². The van der Waals surface area contributed by atoms with Crippen molar-refractivity contribution < 1.29 is 21.2 Å². The Kier molecular flexibility index (Phi) is 8.66. The molecule has 0 aliphatic heterocycles. The zero-order valence-electron chi connectivity index (χ0n) is 35.7. The number of nitrogens with zero attached hydrogens (tertiary/aromatic N) is 5. The number of rotatable bonds is 11. The molecule has 8 bridgehead atoms. The molecule has 7 aromatic rings. The van der Waals surface area contributed by atoms with Crippen LogP contribution in [-0.4, -0.2) is 24.4 Å². The number of halogens is 1. The Morgan fingerprint density at radius 3 is 1.60 bits per heavy atom. The summed E-state index contributed by atoms with van der Waals surface area (Å²) in [5, 5.41) is 10.1. The van der Waals surface area contributed by atoms with Gasteiger partial charge in [-0.25, -0.2) is 0 Å². The summed E-state index contributed by atoms with van der Waals surface area (Å²) in [6, 6.07) is 56.2. The Morgan fingerprint density at radius 2 is 1.00 bits per heavy atom. The zero-order chi connectivity index (χ0) is 41.0. The SMILES string of the molecule is C[I-]CC12CC3CC(C1)CC2(c1ccc(N(c2ccccc2)c2ccc(-n4nc5ccc(N(c6ccccc6)c6ccc(C78CC9CC(CC7C9)C8)cc6)cc5n4)cc2)cc1)C3. The molecule has 0 spiro atoms. The summed E-state index contributed by atoms with van der Waals surface area (Å²) in [5.41, 5.74) is 14.1. The maximum atomic E-state index is 5.08. The standard InChI is InChI=1S/C56H55IN5/c1-57-37-54-31-40-27-41(32-54)36-56(54,35-40)43-14-18-47(19-15-43)60(45-8-4-2-5-9-45)49-20-22-50(23-21-49)62-58-52-25-24-51(30-53(52)59-62)61(46-10-6-3-7-11-46)48-16-12-42(13-17-48)55-33-38-26-39(34-55)29-44(55)28-38/h2-25,30,38-41,44H,26-29,31-37H2,1H3/q-1. The van der Waals surface area contributed by atoms with Crippen molar-refractivity contribution in [3.63, 3.8) is 0 Å². The summed E-state index contributed by atoms with van der Waals surface area (Å²) in [6.07, 6.45) is 14.4. The third-order valence-corrected chi connectivity index (χ3v) is 19.3. The number of hydrogen-bond donors (Lipinski definition) is 0. The van der Waals surface area contributed by atoms with Crippen molar-refractivity contribution in [2.75, 3.05) is 19.2 Å². The van der Waals surface area contributed by atoms with Crippen LogP contribution in [0.1, 0.15) is 75.3 Å². The van der Waals surface area contributed by atoms with E-state index in [0.717, 1.165) is 69.1 Å². The Bertz CT molecular complexity index is 2730. The third-order valence-electron chi connectivity index (χ3n) is 17.1. The molecular formula is C56H55IN5-. The molecule has 5 nitrogen and oxygen atoms in total. The summed E-state index contributed by atoms with van der Waals surface area (Å²) in [6.45, 7) is 0. The molecular weight excluding hydrogens is 870 g/mol. The van der Waals surface area contributed by atoms with Gasteiger partial charge < -0.3 is 4.90 Å². The molecule has 0 radical (unpaired) electrons. The predicted octanol–water partition coefficient (Wildman–Crippen LogP) is 10.6. The van der Waals surface area contributed by atoms with E-state index >= 15 is 0 Å². The first-order valence-corrected chi connectivity index (χ1v) is 27.0. The van der Waals surface area contributed by atoms with Gasteiger partial charge in [-0.3, -0.25) is 0 Å². The van der Waals surface area contributed by atoms with Gasteiger partial charge >= 0.3 is 197 Å². The van der Waals surface area contributed by atoms with Crippen LogP contribution in [0.3, 0.4) is 0 Å². The summed E-state index contributed by atoms with van der Waals surface area (Å²) in [4.78, 5) is 9.06. The summed E-state index contributed by atoms with van der Waals surface area (Å²) in [7, 11) is 0. The van der Waals surface area contributed by atoms with Crippen LogP contribution < -0.4 is 31.0 Å². The Morgan fingerprint density at radius 1 is 0.500 bits per heavy atom. The third kappa shape index (κ3) is 5.76. The van der Waals surface area contributed by atoms with E-state index in [1.165, 1.54) is 80.0 Å². The molecule has 8 aliphatic rings. The Balaban J connectivity index is 0.797. The molecule has 0 amide bonds. The van der Waals surface area contributed by atoms with Gasteiger partial charge in [0, 0.05) is 17.1 Å². The van der Waals surface area contributed by atoms with Crippen LogP contribution in [0.2, 0.25) is 0 Å². The normalized spacial score (nSPS) is 29.9. The van der Waals surface area contributed by atoms with Crippen molar-refractivity contribution in [1.29, 1.82) is 0 Å². The van der Waals surface area contributed by atoms with Gasteiger partial charge in [0.15, 0.2) is 0 Å². The van der Waals surface area contributed by atoms with Crippen molar-refractivity contribution >= 4 is 45.2 Å². The molecule has 312 valence electrons. The van der Waals surface area contributed by atoms with Gasteiger partial charge in [0.25, 0.3) is 0 Å². The molecule has 62 heavy (non-hydrogen) atoms. The molecule has 8 fully saturated rings. The van der Waals surface area contributed by atoms with Crippen LogP contribution in [0.4, 0.5) is 34.1 Å². The number of anilines is 6. The van der Waals surface area contributed by atoms with Crippen LogP contribution in [-0.2, 0) is 10.8 Å². The Labute approximate surface area is 376 Å². The van der Waals surface area contributed by atoms with Crippen molar-refractivity contribution in [3.05, 3.63) is 163 Å². The number of fused-ring (bicyclic) bond motifs is 1. The second-order valence-electron chi connectivity index (χ2n) is 20.4. The number of para-hydroxylation sites is 2. The van der Waals surface area contributed by atoms with Crippen LogP contribution in [0, 0.1) is 35.0 Å². The molecule has 6 heteroatoms. The van der Waals surface area contributed by atoms with Crippen LogP contribution in [0.25, 0.3) is 16.7 Å². The van der Waals surface area contributed by atoms with E-state index in [0.29, 0.717) is 16.2 Å². The minimum absolute atomic E-state index is 0.276. The van der Waals surface area contributed by atoms with Crippen molar-refractivity contribution in [3.8, 4) is 5.69 Å². The fraction of sp³-hybridized carbons (Fsp3) is 0.357. The van der Waals surface area contributed by atoms with Gasteiger partial charge in [-0.2, -0.15) is 4.80 Å². The topological polar surface area (TPSA) is 37.2 Å². The quantitative estimate of drug-likeness (QED) is 0.0957. The van der Waals surface area contributed by atoms with E-state index in [4.69, 9.17) is 10.2 Å². The van der Waals surface area contributed by atoms with Crippen LogP contribution in [0.5, 0.6) is 0 Å². The molecule has 8 saturated carbocycles. The molecule has 4 unspecified atom stereocenters. The van der Waals surface area contributed by atoms with Gasteiger partial charge in [-0.05, 0) is 103 Å². The fourth-order valence-corrected chi connectivity index (χ4v) is 18.0. The maximum absolute atomic E-state index is 5.08. The van der Waals surface area contributed by atoms with E-state index in [9.17, 15) is 0 Å². The minimum atomic E-state index is 0.276. The fourth-order valence-electron chi connectivity index (χ4n) is 15.1. The number of hydrogen-bond acceptors (Lipinski definition) is 4. The summed E-state index contributed by atoms with van der Waals surface area (Å²) in [5.74, 6) is 4.66. The molecule has 0 saturated heterocycles. The van der Waals surface area contributed by atoms with Crippen molar-refractivity contribution in [2.24, 2.45) is 35.0 Å². The average Bonchev–Trinajstić information content (AvgIpc) is 4.03. The monoisotopic (exact) mass is 924 g/mol. The van der Waals surface area contributed by atoms with Gasteiger partial charge in [-0.15, -0.1) is 10.2 Å². The van der Waals surface area contributed by atoms with Gasteiger partial charge in [0.05, 0.1) is 0 Å². The van der Waals surface area contributed by atoms with E-state index in [-0.39, 0.29) is 21.2 Å². The van der Waals surface area contributed by atoms with Crippen molar-refractivity contribution in [1.82, 2.24) is 15.0 Å². The second-order valence-corrected chi connectivity index (χ2v) is 22.7. The average molecular weight is 925 g/mol. The second kappa shape index (κ2) is 14.3. The number of alkyl halides is 2. The molecule has 1 aromatic heterocycles. The van der Waals surface area contributed by atoms with Gasteiger partial charge in [0.1, 0.15) is 11.0 Å². The molecule has 6 aromatic carbocycles. The first kappa shape index (κ1) is 37.6. The van der Waals surface area contributed by atoms with Crippen LogP contribution in [0.15, 0.2) is 152 Å². The number of benzene rings is 6. The van der Waals surface area contributed by atoms with E-state index in [2.05, 4.69) is 166 Å². The Hall–Kier alpha value is -4.95. The van der Waals surface area contributed by atoms with Crippen molar-refractivity contribution in [2.45, 2.75) is 75.0 Å². The van der Waals surface area contributed by atoms with Gasteiger partial charge in [-0.1, -0.05) is 30.3 Å². The molecule has 0 N–H and O–H groups in total. The molecule has 8 aliphatic carbocycles.